The van der Waals surface area contributed by atoms with Gasteiger partial charge in [-0.1, -0.05) is 42.5 Å². The van der Waals surface area contributed by atoms with Gasteiger partial charge in [-0.15, -0.1) is 0 Å². The van der Waals surface area contributed by atoms with E-state index in [1.165, 1.54) is 0 Å². The van der Waals surface area contributed by atoms with E-state index < -0.39 is 0 Å². The van der Waals surface area contributed by atoms with Crippen LogP contribution in [-0.4, -0.2) is 33.0 Å². The minimum Gasteiger partial charge on any atom is -0.491 e. The molecule has 0 saturated heterocycles. The zero-order valence-electron chi connectivity index (χ0n) is 14.4. The average Bonchev–Trinajstić information content (AvgIpc) is 3.33. The summed E-state index contributed by atoms with van der Waals surface area (Å²) in [6.45, 7) is 4.86. The van der Waals surface area contributed by atoms with E-state index in [1.54, 1.807) is 0 Å². The highest BCUT2D eigenvalue weighted by Crippen LogP contribution is 2.34. The molecule has 3 aromatic rings. The summed E-state index contributed by atoms with van der Waals surface area (Å²) in [5, 5.41) is 0. The zero-order chi connectivity index (χ0) is 17.5. The fourth-order valence-electron chi connectivity index (χ4n) is 2.63. The molecule has 0 fully saturated rings. The first-order valence-corrected chi connectivity index (χ1v) is 8.54. The summed E-state index contributed by atoms with van der Waals surface area (Å²) < 4.78 is 16.2. The van der Waals surface area contributed by atoms with Crippen LogP contribution in [0.15, 0.2) is 59.4 Å². The molecule has 0 bridgehead atoms. The Morgan fingerprint density at radius 3 is 2.00 bits per heavy atom. The van der Waals surface area contributed by atoms with Crippen molar-refractivity contribution in [2.75, 3.05) is 33.0 Å². The molecule has 25 heavy (non-hydrogen) atoms. The van der Waals surface area contributed by atoms with Crippen LogP contribution >= 0.6 is 0 Å². The maximum absolute atomic E-state index is 12.1. The van der Waals surface area contributed by atoms with Gasteiger partial charge in [0.1, 0.15) is 12.4 Å². The van der Waals surface area contributed by atoms with Crippen LogP contribution < -0.4 is 10.2 Å². The molecule has 3 rings (SSSR count). The lowest BCUT2D eigenvalue weighted by Crippen LogP contribution is -2.10. The van der Waals surface area contributed by atoms with Crippen molar-refractivity contribution < 1.29 is 14.2 Å². The molecule has 0 aliphatic heterocycles. The van der Waals surface area contributed by atoms with Gasteiger partial charge in [0.2, 0.25) is 0 Å². The van der Waals surface area contributed by atoms with Crippen molar-refractivity contribution >= 4 is 0 Å². The minimum absolute atomic E-state index is 0.127. The van der Waals surface area contributed by atoms with E-state index >= 15 is 0 Å². The lowest BCUT2D eigenvalue weighted by molar-refractivity contribution is 0.0405. The molecular formula is C21H22O4. The SMILES string of the molecule is CCOCCOCCOc1ccc(-c2c(-c3ccccc3)c2=O)cc1. The molecule has 4 nitrogen and oxygen atoms in total. The van der Waals surface area contributed by atoms with E-state index in [0.717, 1.165) is 28.0 Å². The van der Waals surface area contributed by atoms with Gasteiger partial charge in [-0.2, -0.15) is 0 Å². The highest BCUT2D eigenvalue weighted by Gasteiger charge is 2.24. The number of hydrogen-bond acceptors (Lipinski definition) is 4. The molecule has 0 spiro atoms. The molecule has 3 aromatic carbocycles. The minimum atomic E-state index is 0.127. The van der Waals surface area contributed by atoms with Crippen LogP contribution in [0.5, 0.6) is 5.75 Å². The number of ether oxygens (including phenoxy) is 3. The van der Waals surface area contributed by atoms with Gasteiger partial charge in [0.05, 0.1) is 19.8 Å². The van der Waals surface area contributed by atoms with E-state index in [0.29, 0.717) is 33.0 Å². The fourth-order valence-corrected chi connectivity index (χ4v) is 2.63. The number of rotatable bonds is 10. The van der Waals surface area contributed by atoms with Crippen molar-refractivity contribution in [3.8, 4) is 28.0 Å². The Morgan fingerprint density at radius 1 is 0.720 bits per heavy atom. The lowest BCUT2D eigenvalue weighted by atomic mass is 10.1. The number of benzene rings is 2. The van der Waals surface area contributed by atoms with Crippen LogP contribution in [-0.2, 0) is 9.47 Å². The highest BCUT2D eigenvalue weighted by molar-refractivity contribution is 5.94. The second kappa shape index (κ2) is 8.60. The molecule has 0 saturated carbocycles. The van der Waals surface area contributed by atoms with Gasteiger partial charge in [-0.05, 0) is 30.2 Å². The lowest BCUT2D eigenvalue weighted by Gasteiger charge is -2.07. The van der Waals surface area contributed by atoms with Gasteiger partial charge < -0.3 is 14.2 Å². The first-order chi connectivity index (χ1) is 12.3. The molecule has 0 atom stereocenters. The van der Waals surface area contributed by atoms with E-state index in [1.807, 2.05) is 61.5 Å². The van der Waals surface area contributed by atoms with Crippen molar-refractivity contribution in [2.45, 2.75) is 6.92 Å². The van der Waals surface area contributed by atoms with Crippen molar-refractivity contribution in [3.05, 3.63) is 64.8 Å². The van der Waals surface area contributed by atoms with Crippen LogP contribution in [0, 0.1) is 0 Å². The number of hydrogen-bond donors (Lipinski definition) is 0. The Labute approximate surface area is 147 Å². The molecule has 0 aliphatic rings. The summed E-state index contributed by atoms with van der Waals surface area (Å²) in [5.41, 5.74) is 3.66. The molecule has 0 aliphatic carbocycles. The highest BCUT2D eigenvalue weighted by atomic mass is 16.5. The van der Waals surface area contributed by atoms with Crippen molar-refractivity contribution in [1.29, 1.82) is 0 Å². The summed E-state index contributed by atoms with van der Waals surface area (Å²) in [6.07, 6.45) is 0. The predicted octanol–water partition coefficient (Wildman–Crippen LogP) is 3.69. The van der Waals surface area contributed by atoms with Gasteiger partial charge >= 0.3 is 0 Å². The third-order valence-corrected chi connectivity index (χ3v) is 3.92. The second-order valence-electron chi connectivity index (χ2n) is 5.63. The summed E-state index contributed by atoms with van der Waals surface area (Å²) in [6, 6.07) is 17.4. The standard InChI is InChI=1S/C21H22O4/c1-2-23-12-13-24-14-15-25-18-10-8-17(9-11-18)20-19(21(20)22)16-6-4-3-5-7-16/h3-11H,2,12-15H2,1H3. The molecule has 0 N–H and O–H groups in total. The predicted molar refractivity (Wildman–Crippen MR) is 98.8 cm³/mol. The topological polar surface area (TPSA) is 44.8 Å². The van der Waals surface area contributed by atoms with Crippen molar-refractivity contribution in [3.63, 3.8) is 0 Å². The molecular weight excluding hydrogens is 316 g/mol. The molecule has 0 aromatic heterocycles. The molecule has 130 valence electrons. The Kier molecular flexibility index (Phi) is 5.99. The molecule has 0 unspecified atom stereocenters. The largest absolute Gasteiger partial charge is 0.491 e. The third-order valence-electron chi connectivity index (χ3n) is 3.92. The van der Waals surface area contributed by atoms with Crippen LogP contribution in [0.25, 0.3) is 22.3 Å². The first kappa shape index (κ1) is 17.4. The summed E-state index contributed by atoms with van der Waals surface area (Å²) in [7, 11) is 0. The first-order valence-electron chi connectivity index (χ1n) is 8.54. The van der Waals surface area contributed by atoms with E-state index in [2.05, 4.69) is 0 Å². The van der Waals surface area contributed by atoms with Crippen LogP contribution in [0.4, 0.5) is 0 Å². The van der Waals surface area contributed by atoms with Gasteiger partial charge in [0, 0.05) is 17.7 Å². The zero-order valence-corrected chi connectivity index (χ0v) is 14.4. The Bertz CT molecular complexity index is 783. The molecule has 0 amide bonds. The van der Waals surface area contributed by atoms with E-state index in [4.69, 9.17) is 14.2 Å². The van der Waals surface area contributed by atoms with Gasteiger partial charge in [-0.3, -0.25) is 4.79 Å². The molecule has 4 heteroatoms. The monoisotopic (exact) mass is 338 g/mol. The smallest absolute Gasteiger partial charge is 0.195 e. The summed E-state index contributed by atoms with van der Waals surface area (Å²) in [4.78, 5) is 12.1. The maximum Gasteiger partial charge on any atom is 0.195 e. The van der Waals surface area contributed by atoms with Crippen molar-refractivity contribution in [1.82, 2.24) is 0 Å². The fraction of sp³-hybridized carbons (Fsp3) is 0.286. The summed E-state index contributed by atoms with van der Waals surface area (Å²) in [5.74, 6) is 0.770. The maximum atomic E-state index is 12.1. The second-order valence-corrected chi connectivity index (χ2v) is 5.63. The molecule has 0 radical (unpaired) electrons. The van der Waals surface area contributed by atoms with E-state index in [9.17, 15) is 4.79 Å². The van der Waals surface area contributed by atoms with Crippen LogP contribution in [0.2, 0.25) is 0 Å². The quantitative estimate of drug-likeness (QED) is 0.529. The van der Waals surface area contributed by atoms with Gasteiger partial charge in [0.15, 0.2) is 5.43 Å². The Morgan fingerprint density at radius 2 is 1.32 bits per heavy atom. The molecule has 0 heterocycles. The van der Waals surface area contributed by atoms with Crippen LogP contribution in [0.1, 0.15) is 6.92 Å². The van der Waals surface area contributed by atoms with Crippen molar-refractivity contribution in [2.24, 2.45) is 0 Å². The van der Waals surface area contributed by atoms with Gasteiger partial charge in [-0.25, -0.2) is 0 Å². The third kappa shape index (κ3) is 4.56. The average molecular weight is 338 g/mol. The Balaban J connectivity index is 1.50. The Hall–Kier alpha value is -2.43. The van der Waals surface area contributed by atoms with Gasteiger partial charge in [0.25, 0.3) is 0 Å². The van der Waals surface area contributed by atoms with Crippen LogP contribution in [0.3, 0.4) is 0 Å². The normalized spacial score (nSPS) is 11.1. The summed E-state index contributed by atoms with van der Waals surface area (Å²) >= 11 is 0. The van der Waals surface area contributed by atoms with E-state index in [-0.39, 0.29) is 5.43 Å².